The fourth-order valence-electron chi connectivity index (χ4n) is 3.89. The minimum Gasteiger partial charge on any atom is -0.475 e. The highest BCUT2D eigenvalue weighted by atomic mass is 19.4. The van der Waals surface area contributed by atoms with Crippen molar-refractivity contribution in [2.24, 2.45) is 0 Å². The van der Waals surface area contributed by atoms with Crippen molar-refractivity contribution < 1.29 is 32.6 Å². The van der Waals surface area contributed by atoms with Crippen LogP contribution in [0.25, 0.3) is 0 Å². The molecule has 29 heavy (non-hydrogen) atoms. The Balaban J connectivity index is 0.000000298. The number of carbonyl (C=O) groups excluding carboxylic acids is 1. The zero-order valence-electron chi connectivity index (χ0n) is 16.0. The molecule has 162 valence electrons. The van der Waals surface area contributed by atoms with Crippen LogP contribution in [0.15, 0.2) is 6.20 Å². The number of aliphatic carboxylic acids is 1. The fraction of sp³-hybridized carbons (Fsp3) is 0.722. The Morgan fingerprint density at radius 3 is 2.31 bits per heavy atom. The van der Waals surface area contributed by atoms with E-state index in [1.807, 2.05) is 4.90 Å². The molecule has 1 aromatic heterocycles. The average Bonchev–Trinajstić information content (AvgIpc) is 3.37. The first kappa shape index (κ1) is 21.6. The Morgan fingerprint density at radius 2 is 1.72 bits per heavy atom. The lowest BCUT2D eigenvalue weighted by molar-refractivity contribution is -0.192. The number of fused-ring (bicyclic) bond motifs is 1. The van der Waals surface area contributed by atoms with Crippen molar-refractivity contribution in [3.05, 3.63) is 17.7 Å². The van der Waals surface area contributed by atoms with Gasteiger partial charge in [0.25, 0.3) is 5.91 Å². The summed E-state index contributed by atoms with van der Waals surface area (Å²) in [4.78, 5) is 30.5. The smallest absolute Gasteiger partial charge is 0.475 e. The summed E-state index contributed by atoms with van der Waals surface area (Å²) < 4.78 is 39.3. The molecule has 11 heteroatoms. The maximum absolute atomic E-state index is 12.6. The van der Waals surface area contributed by atoms with Crippen LogP contribution in [0.4, 0.5) is 13.2 Å². The van der Waals surface area contributed by atoms with Crippen LogP contribution in [0, 0.1) is 0 Å². The Bertz CT molecular complexity index is 725. The molecule has 1 amide bonds. The number of aromatic nitrogens is 2. The number of hydrogen-bond donors (Lipinski definition) is 1. The number of halogens is 3. The molecule has 0 bridgehead atoms. The molecule has 3 aliphatic rings. The van der Waals surface area contributed by atoms with E-state index in [2.05, 4.69) is 14.5 Å². The first-order valence-corrected chi connectivity index (χ1v) is 9.73. The number of likely N-dealkylation sites (tertiary alicyclic amines) is 1. The van der Waals surface area contributed by atoms with E-state index in [0.717, 1.165) is 83.1 Å². The summed E-state index contributed by atoms with van der Waals surface area (Å²) in [6.45, 7) is 6.28. The third-order valence-corrected chi connectivity index (χ3v) is 5.46. The minimum atomic E-state index is -5.08. The second kappa shape index (κ2) is 9.12. The van der Waals surface area contributed by atoms with E-state index < -0.39 is 12.1 Å². The second-order valence-electron chi connectivity index (χ2n) is 7.33. The van der Waals surface area contributed by atoms with Crippen molar-refractivity contribution in [1.29, 1.82) is 0 Å². The standard InChI is InChI=1S/C16H24N4O2.C2HF3O2/c21-16(18-5-1-2-6-18)14-11-17-15-12-19(7-8-20(14)15)13-3-9-22-10-4-13;3-2(4,5)1(6)7/h11,13H,1-10,12H2;(H,6,7). The Kier molecular flexibility index (Phi) is 6.78. The molecule has 0 spiro atoms. The van der Waals surface area contributed by atoms with Crippen molar-refractivity contribution >= 4 is 11.9 Å². The van der Waals surface area contributed by atoms with Crippen molar-refractivity contribution in [3.63, 3.8) is 0 Å². The van der Waals surface area contributed by atoms with E-state index in [1.165, 1.54) is 0 Å². The van der Waals surface area contributed by atoms with Gasteiger partial charge in [0.2, 0.25) is 0 Å². The Morgan fingerprint density at radius 1 is 1.10 bits per heavy atom. The number of nitrogens with zero attached hydrogens (tertiary/aromatic N) is 4. The van der Waals surface area contributed by atoms with Gasteiger partial charge < -0.3 is 19.3 Å². The van der Waals surface area contributed by atoms with Crippen molar-refractivity contribution in [2.75, 3.05) is 32.8 Å². The highest BCUT2D eigenvalue weighted by molar-refractivity contribution is 5.92. The first-order chi connectivity index (χ1) is 13.8. The number of amides is 1. The minimum absolute atomic E-state index is 0.163. The number of carbonyl (C=O) groups is 2. The van der Waals surface area contributed by atoms with Gasteiger partial charge in [0, 0.05) is 45.4 Å². The van der Waals surface area contributed by atoms with Crippen molar-refractivity contribution in [1.82, 2.24) is 19.4 Å². The summed E-state index contributed by atoms with van der Waals surface area (Å²) >= 11 is 0. The summed E-state index contributed by atoms with van der Waals surface area (Å²) in [5.41, 5.74) is 0.781. The normalized spacial score (nSPS) is 20.7. The predicted molar refractivity (Wildman–Crippen MR) is 95.3 cm³/mol. The fourth-order valence-corrected chi connectivity index (χ4v) is 3.89. The van der Waals surface area contributed by atoms with Gasteiger partial charge in [-0.15, -0.1) is 0 Å². The third-order valence-electron chi connectivity index (χ3n) is 5.46. The zero-order valence-corrected chi connectivity index (χ0v) is 16.0. The van der Waals surface area contributed by atoms with Crippen LogP contribution in [-0.2, 0) is 22.6 Å². The molecule has 1 N–H and O–H groups in total. The molecule has 4 rings (SSSR count). The van der Waals surface area contributed by atoms with Crippen molar-refractivity contribution in [2.45, 2.75) is 51.0 Å². The second-order valence-corrected chi connectivity index (χ2v) is 7.33. The predicted octanol–water partition coefficient (Wildman–Crippen LogP) is 1.75. The van der Waals surface area contributed by atoms with Crippen LogP contribution in [0.3, 0.4) is 0 Å². The van der Waals surface area contributed by atoms with Crippen molar-refractivity contribution in [3.8, 4) is 0 Å². The van der Waals surface area contributed by atoms with Crippen LogP contribution in [0.1, 0.15) is 42.0 Å². The van der Waals surface area contributed by atoms with E-state index in [9.17, 15) is 18.0 Å². The molecule has 8 nitrogen and oxygen atoms in total. The average molecular weight is 418 g/mol. The number of imidazole rings is 1. The highest BCUT2D eigenvalue weighted by Crippen LogP contribution is 2.23. The van der Waals surface area contributed by atoms with E-state index in [-0.39, 0.29) is 5.91 Å². The molecule has 0 aromatic carbocycles. The van der Waals surface area contributed by atoms with E-state index >= 15 is 0 Å². The van der Waals surface area contributed by atoms with Gasteiger partial charge in [-0.1, -0.05) is 0 Å². The van der Waals surface area contributed by atoms with Gasteiger partial charge in [-0.25, -0.2) is 9.78 Å². The molecular formula is C18H25F3N4O4. The Labute approximate surface area is 166 Å². The van der Waals surface area contributed by atoms with E-state index in [4.69, 9.17) is 14.6 Å². The topological polar surface area (TPSA) is 87.9 Å². The molecule has 1 aromatic rings. The lowest BCUT2D eigenvalue weighted by Gasteiger charge is -2.37. The van der Waals surface area contributed by atoms with Gasteiger partial charge in [-0.05, 0) is 25.7 Å². The molecule has 2 saturated heterocycles. The first-order valence-electron chi connectivity index (χ1n) is 9.73. The lowest BCUT2D eigenvalue weighted by atomic mass is 10.1. The summed E-state index contributed by atoms with van der Waals surface area (Å²) in [6.07, 6.45) is 1.18. The SMILES string of the molecule is O=C(O)C(F)(F)F.O=C(c1cnc2n1CCN(C1CCOCC1)C2)N1CCCC1. The molecule has 4 heterocycles. The largest absolute Gasteiger partial charge is 0.490 e. The molecule has 0 unspecified atom stereocenters. The van der Waals surface area contributed by atoms with Gasteiger partial charge in [0.1, 0.15) is 11.5 Å². The monoisotopic (exact) mass is 418 g/mol. The van der Waals surface area contributed by atoms with E-state index in [0.29, 0.717) is 6.04 Å². The lowest BCUT2D eigenvalue weighted by Crippen LogP contribution is -2.44. The van der Waals surface area contributed by atoms with Crippen LogP contribution in [0.2, 0.25) is 0 Å². The molecule has 0 saturated carbocycles. The maximum Gasteiger partial charge on any atom is 0.490 e. The van der Waals surface area contributed by atoms with Gasteiger partial charge in [0.15, 0.2) is 0 Å². The summed E-state index contributed by atoms with van der Waals surface area (Å²) in [7, 11) is 0. The molecule has 3 aliphatic heterocycles. The molecule has 2 fully saturated rings. The van der Waals surface area contributed by atoms with Crippen LogP contribution in [-0.4, -0.2) is 81.4 Å². The van der Waals surface area contributed by atoms with Crippen LogP contribution in [0.5, 0.6) is 0 Å². The number of ether oxygens (including phenoxy) is 1. The summed E-state index contributed by atoms with van der Waals surface area (Å²) in [5.74, 6) is -1.55. The summed E-state index contributed by atoms with van der Waals surface area (Å²) in [6, 6.07) is 0.608. The number of carboxylic acid groups (broad SMARTS) is 1. The number of alkyl halides is 3. The van der Waals surface area contributed by atoms with Crippen LogP contribution < -0.4 is 0 Å². The van der Waals surface area contributed by atoms with Gasteiger partial charge in [-0.3, -0.25) is 9.69 Å². The number of hydrogen-bond acceptors (Lipinski definition) is 5. The van der Waals surface area contributed by atoms with Gasteiger partial charge in [0.05, 0.1) is 12.7 Å². The quantitative estimate of drug-likeness (QED) is 0.787. The molecule has 0 atom stereocenters. The van der Waals surface area contributed by atoms with Crippen LogP contribution >= 0.6 is 0 Å². The maximum atomic E-state index is 12.6. The number of carboxylic acids is 1. The zero-order chi connectivity index (χ0) is 21.0. The van der Waals surface area contributed by atoms with Gasteiger partial charge in [-0.2, -0.15) is 13.2 Å². The van der Waals surface area contributed by atoms with Gasteiger partial charge >= 0.3 is 12.1 Å². The Hall–Kier alpha value is -2.14. The molecule has 0 radical (unpaired) electrons. The number of rotatable bonds is 2. The third kappa shape index (κ3) is 5.27. The highest BCUT2D eigenvalue weighted by Gasteiger charge is 2.38. The molecular weight excluding hydrogens is 393 g/mol. The molecule has 0 aliphatic carbocycles. The summed E-state index contributed by atoms with van der Waals surface area (Å²) in [5, 5.41) is 7.12. The van der Waals surface area contributed by atoms with E-state index in [1.54, 1.807) is 6.20 Å².